The quantitative estimate of drug-likeness (QED) is 0.210. The number of hydrogen-bond acceptors (Lipinski definition) is 9. The van der Waals surface area contributed by atoms with E-state index in [4.69, 9.17) is 28.4 Å². The largest absolute Gasteiger partial charge is 0.514 e. The number of likely N-dealkylation sites (tertiary alicyclic amines) is 1. The lowest BCUT2D eigenvalue weighted by atomic mass is 9.49. The van der Waals surface area contributed by atoms with Gasteiger partial charge in [-0.1, -0.05) is 26.8 Å². The molecule has 0 radical (unpaired) electrons. The number of nitrogens with zero attached hydrogens (tertiary/aromatic N) is 1. The van der Waals surface area contributed by atoms with Gasteiger partial charge in [-0.3, -0.25) is 0 Å². The number of methoxy groups -OCH3 is 2. The van der Waals surface area contributed by atoms with Gasteiger partial charge in [0, 0.05) is 43.7 Å². The van der Waals surface area contributed by atoms with Crippen molar-refractivity contribution < 1.29 is 38.3 Å². The van der Waals surface area contributed by atoms with E-state index in [9.17, 15) is 9.90 Å². The van der Waals surface area contributed by atoms with Gasteiger partial charge in [0.25, 0.3) is 0 Å². The van der Waals surface area contributed by atoms with Gasteiger partial charge < -0.3 is 38.4 Å². The first-order valence-electron chi connectivity index (χ1n) is 16.1. The molecule has 4 aliphatic rings. The van der Waals surface area contributed by atoms with Crippen LogP contribution in [-0.2, 0) is 24.4 Å². The van der Waals surface area contributed by atoms with Gasteiger partial charge in [-0.15, -0.1) is 0 Å². The van der Waals surface area contributed by atoms with Crippen LogP contribution in [0.25, 0.3) is 0 Å². The Labute approximate surface area is 257 Å². The molecular formula is C34H53NO8. The number of carbonyl (C=O) groups excluding carboxylic acids is 1. The molecule has 43 heavy (non-hydrogen) atoms. The number of benzene rings is 1. The molecule has 2 aliphatic heterocycles. The van der Waals surface area contributed by atoms with Gasteiger partial charge >= 0.3 is 6.16 Å². The highest BCUT2D eigenvalue weighted by atomic mass is 16.7. The summed E-state index contributed by atoms with van der Waals surface area (Å²) >= 11 is 0. The lowest BCUT2D eigenvalue weighted by Crippen LogP contribution is -2.69. The van der Waals surface area contributed by atoms with Crippen LogP contribution in [0.15, 0.2) is 12.1 Å². The van der Waals surface area contributed by atoms with Crippen molar-refractivity contribution >= 4 is 6.16 Å². The lowest BCUT2D eigenvalue weighted by molar-refractivity contribution is -0.203. The van der Waals surface area contributed by atoms with Crippen molar-refractivity contribution in [3.05, 3.63) is 23.3 Å². The number of ether oxygens (including phenoxy) is 6. The molecule has 6 unspecified atom stereocenters. The van der Waals surface area contributed by atoms with Crippen LogP contribution < -0.4 is 9.47 Å². The Bertz CT molecular complexity index is 1140. The van der Waals surface area contributed by atoms with E-state index in [0.717, 1.165) is 43.0 Å². The van der Waals surface area contributed by atoms with E-state index in [0.29, 0.717) is 30.8 Å². The molecule has 2 heterocycles. The van der Waals surface area contributed by atoms with Crippen LogP contribution in [0.3, 0.4) is 0 Å². The van der Waals surface area contributed by atoms with E-state index < -0.39 is 11.8 Å². The number of aryl methyl sites for hydroxylation is 1. The highest BCUT2D eigenvalue weighted by molar-refractivity contribution is 5.68. The summed E-state index contributed by atoms with van der Waals surface area (Å²) in [6.45, 7) is 16.1. The summed E-state index contributed by atoms with van der Waals surface area (Å²) in [4.78, 5) is 15.4. The number of piperidine rings is 1. The second-order valence-corrected chi connectivity index (χ2v) is 14.4. The average molecular weight is 604 g/mol. The normalized spacial score (nSPS) is 31.8. The summed E-state index contributed by atoms with van der Waals surface area (Å²) in [5, 5.41) is 12.1. The van der Waals surface area contributed by atoms with Crippen LogP contribution in [0.5, 0.6) is 11.5 Å². The Morgan fingerprint density at radius 1 is 1.12 bits per heavy atom. The first-order valence-corrected chi connectivity index (χ1v) is 16.1. The molecule has 1 aromatic rings. The Hall–Kier alpha value is -1.91. The van der Waals surface area contributed by atoms with Gasteiger partial charge in [0.2, 0.25) is 0 Å². The van der Waals surface area contributed by atoms with Crippen LogP contribution >= 0.6 is 0 Å². The molecule has 9 nitrogen and oxygen atoms in total. The predicted molar refractivity (Wildman–Crippen MR) is 163 cm³/mol. The minimum Gasteiger partial charge on any atom is -0.483 e. The molecule has 3 fully saturated rings. The number of rotatable bonds is 11. The van der Waals surface area contributed by atoms with Gasteiger partial charge in [0.15, 0.2) is 11.5 Å². The Morgan fingerprint density at radius 2 is 1.84 bits per heavy atom. The molecule has 0 bridgehead atoms. The van der Waals surface area contributed by atoms with E-state index >= 15 is 0 Å². The SMILES string of the molecule is COCCOCCOC(=O)Oc1ccc(C)c2c1O[C@H]1C(OC)C(C(C)(O)C(C)(C)C)CC3C(C)N(CC4CC4)CCC231. The van der Waals surface area contributed by atoms with E-state index in [1.54, 1.807) is 20.3 Å². The maximum absolute atomic E-state index is 12.8. The molecule has 2 aliphatic carbocycles. The third-order valence-electron chi connectivity index (χ3n) is 11.2. The van der Waals surface area contributed by atoms with Crippen molar-refractivity contribution in [1.82, 2.24) is 4.90 Å². The first kappa shape index (κ1) is 32.5. The molecule has 1 N–H and O–H groups in total. The van der Waals surface area contributed by atoms with Gasteiger partial charge in [-0.05, 0) is 81.9 Å². The molecule has 0 aromatic heterocycles. The summed E-state index contributed by atoms with van der Waals surface area (Å²) in [5.41, 5.74) is 0.535. The van der Waals surface area contributed by atoms with Crippen LogP contribution in [0.1, 0.15) is 71.4 Å². The lowest BCUT2D eigenvalue weighted by Gasteiger charge is -2.61. The third-order valence-corrected chi connectivity index (χ3v) is 11.2. The number of fused-ring (bicyclic) bond motifs is 1. The van der Waals surface area contributed by atoms with Crippen LogP contribution in [0.2, 0.25) is 0 Å². The summed E-state index contributed by atoms with van der Waals surface area (Å²) in [5.74, 6) is 1.83. The molecule has 1 spiro atoms. The maximum Gasteiger partial charge on any atom is 0.514 e. The second kappa shape index (κ2) is 12.5. The van der Waals surface area contributed by atoms with Crippen molar-refractivity contribution in [2.75, 3.05) is 53.7 Å². The Morgan fingerprint density at radius 3 is 2.49 bits per heavy atom. The molecule has 1 saturated heterocycles. The molecule has 1 aromatic carbocycles. The molecule has 9 heteroatoms. The van der Waals surface area contributed by atoms with Crippen molar-refractivity contribution in [1.29, 1.82) is 0 Å². The summed E-state index contributed by atoms with van der Waals surface area (Å²) in [6, 6.07) is 4.12. The van der Waals surface area contributed by atoms with Crippen molar-refractivity contribution in [3.8, 4) is 11.5 Å². The number of hydrogen-bond donors (Lipinski definition) is 1. The van der Waals surface area contributed by atoms with E-state index in [1.807, 2.05) is 13.0 Å². The van der Waals surface area contributed by atoms with E-state index in [1.165, 1.54) is 12.8 Å². The fourth-order valence-electron chi connectivity index (χ4n) is 8.10. The molecular weight excluding hydrogens is 550 g/mol. The highest BCUT2D eigenvalue weighted by Gasteiger charge is 2.68. The minimum absolute atomic E-state index is 0.0791. The molecule has 0 amide bonds. The van der Waals surface area contributed by atoms with Gasteiger partial charge in [-0.2, -0.15) is 0 Å². The highest BCUT2D eigenvalue weighted by Crippen LogP contribution is 2.64. The van der Waals surface area contributed by atoms with Gasteiger partial charge in [0.05, 0.1) is 25.4 Å². The topological polar surface area (TPSA) is 95.9 Å². The van der Waals surface area contributed by atoms with Gasteiger partial charge in [0.1, 0.15) is 18.8 Å². The van der Waals surface area contributed by atoms with E-state index in [2.05, 4.69) is 39.5 Å². The zero-order valence-corrected chi connectivity index (χ0v) is 27.4. The Kier molecular flexibility index (Phi) is 9.42. The molecule has 5 rings (SSSR count). The smallest absolute Gasteiger partial charge is 0.483 e. The zero-order chi connectivity index (χ0) is 31.2. The van der Waals surface area contributed by atoms with Crippen LogP contribution in [0, 0.1) is 30.1 Å². The van der Waals surface area contributed by atoms with Crippen molar-refractivity contribution in [3.63, 3.8) is 0 Å². The fraction of sp³-hybridized carbons (Fsp3) is 0.794. The fourth-order valence-corrected chi connectivity index (χ4v) is 8.10. The molecule has 7 atom stereocenters. The number of carbonyl (C=O) groups is 1. The van der Waals surface area contributed by atoms with Crippen LogP contribution in [-0.4, -0.2) is 93.7 Å². The van der Waals surface area contributed by atoms with Crippen molar-refractivity contribution in [2.24, 2.45) is 23.2 Å². The summed E-state index contributed by atoms with van der Waals surface area (Å²) in [7, 11) is 3.34. The summed E-state index contributed by atoms with van der Waals surface area (Å²) < 4.78 is 34.7. The molecule has 2 saturated carbocycles. The second-order valence-electron chi connectivity index (χ2n) is 14.4. The van der Waals surface area contributed by atoms with E-state index in [-0.39, 0.29) is 48.1 Å². The molecule has 242 valence electrons. The zero-order valence-electron chi connectivity index (χ0n) is 27.4. The third kappa shape index (κ3) is 5.92. The number of aliphatic hydroxyl groups is 1. The first-order chi connectivity index (χ1) is 20.4. The van der Waals surface area contributed by atoms with Gasteiger partial charge in [-0.25, -0.2) is 4.79 Å². The maximum atomic E-state index is 12.8. The standard InChI is InChI=1S/C34H53NO8/c1-21-9-12-26(42-31(36)41-18-17-40-16-15-38-7)29-27(21)34-13-14-35(20-23-10-11-23)22(2)24(34)19-25(28(39-8)30(34)43-29)33(6,37)32(3,4)5/h9,12,22-25,28,30,37H,10-11,13-20H2,1-8H3/t22?,24?,25?,28?,30-,33?,34?/m0/s1. The van der Waals surface area contributed by atoms with Crippen molar-refractivity contribution in [2.45, 2.75) is 96.5 Å². The summed E-state index contributed by atoms with van der Waals surface area (Å²) in [6.07, 6.45) is 2.90. The average Bonchev–Trinajstić information content (AvgIpc) is 3.70. The minimum atomic E-state index is -1.00. The predicted octanol–water partition coefficient (Wildman–Crippen LogP) is 5.12. The Balaban J connectivity index is 1.49. The van der Waals surface area contributed by atoms with Crippen LogP contribution in [0.4, 0.5) is 4.79 Å². The monoisotopic (exact) mass is 603 g/mol.